The Bertz CT molecular complexity index is 1050. The van der Waals surface area contributed by atoms with Gasteiger partial charge in [0.2, 0.25) is 0 Å². The largest absolute Gasteiger partial charge is 0.494 e. The van der Waals surface area contributed by atoms with Crippen LogP contribution >= 0.6 is 22.9 Å². The average molecular weight is 448 g/mol. The van der Waals surface area contributed by atoms with Crippen molar-refractivity contribution < 1.29 is 14.3 Å². The molecule has 7 heteroatoms. The molecular formula is C23H26ClNO4S. The predicted molar refractivity (Wildman–Crippen MR) is 124 cm³/mol. The standard InChI is InChI=1S/C23H26ClNO4S/c1-25(13-5-15-29-22(26)10-11-24)12-4-14-28-17-8-9-21-19(16-17)23(27)18-6-2-3-7-20(18)30-21/h2-3,6-9,16H,4-5,10-15H2,1H3. The maximum atomic E-state index is 12.8. The Morgan fingerprint density at radius 3 is 2.57 bits per heavy atom. The van der Waals surface area contributed by atoms with Gasteiger partial charge in [0.1, 0.15) is 5.75 Å². The Balaban J connectivity index is 1.45. The van der Waals surface area contributed by atoms with Crippen molar-refractivity contribution in [3.8, 4) is 5.75 Å². The third-order valence-electron chi connectivity index (χ3n) is 4.75. The van der Waals surface area contributed by atoms with E-state index in [1.54, 1.807) is 11.3 Å². The maximum Gasteiger partial charge on any atom is 0.306 e. The highest BCUT2D eigenvalue weighted by Crippen LogP contribution is 2.27. The van der Waals surface area contributed by atoms with Crippen LogP contribution in [-0.2, 0) is 9.53 Å². The number of carbonyl (C=O) groups is 1. The van der Waals surface area contributed by atoms with E-state index in [4.69, 9.17) is 21.1 Å². The van der Waals surface area contributed by atoms with Crippen LogP contribution in [0.2, 0.25) is 0 Å². The highest BCUT2D eigenvalue weighted by Gasteiger charge is 2.07. The zero-order valence-corrected chi connectivity index (χ0v) is 18.6. The molecule has 30 heavy (non-hydrogen) atoms. The highest BCUT2D eigenvalue weighted by atomic mass is 35.5. The number of ether oxygens (including phenoxy) is 2. The van der Waals surface area contributed by atoms with Gasteiger partial charge in [-0.2, -0.15) is 0 Å². The van der Waals surface area contributed by atoms with Crippen molar-refractivity contribution in [1.29, 1.82) is 0 Å². The minimum atomic E-state index is -0.244. The molecule has 0 bridgehead atoms. The van der Waals surface area contributed by atoms with Gasteiger partial charge in [0.15, 0.2) is 5.43 Å². The molecule has 2 aromatic carbocycles. The summed E-state index contributed by atoms with van der Waals surface area (Å²) in [5.41, 5.74) is 0.0521. The number of fused-ring (bicyclic) bond motifs is 2. The molecule has 0 saturated heterocycles. The molecule has 0 aliphatic rings. The SMILES string of the molecule is CN(CCCOC(=O)CCCl)CCCOc1ccc2sc3ccccc3c(=O)c2c1. The summed E-state index contributed by atoms with van der Waals surface area (Å²) in [6.45, 7) is 2.72. The van der Waals surface area contributed by atoms with Gasteiger partial charge in [-0.1, -0.05) is 12.1 Å². The molecule has 1 heterocycles. The maximum absolute atomic E-state index is 12.8. The van der Waals surface area contributed by atoms with E-state index in [2.05, 4.69) is 4.90 Å². The van der Waals surface area contributed by atoms with Gasteiger partial charge in [0.25, 0.3) is 0 Å². The lowest BCUT2D eigenvalue weighted by atomic mass is 10.2. The Labute approximate surface area is 185 Å². The lowest BCUT2D eigenvalue weighted by molar-refractivity contribution is -0.143. The normalized spacial score (nSPS) is 11.3. The monoisotopic (exact) mass is 447 g/mol. The molecule has 1 aromatic heterocycles. The molecule has 0 spiro atoms. The summed E-state index contributed by atoms with van der Waals surface area (Å²) in [5, 5.41) is 1.46. The Kier molecular flexibility index (Phi) is 8.49. The second kappa shape index (κ2) is 11.3. The summed E-state index contributed by atoms with van der Waals surface area (Å²) in [6.07, 6.45) is 1.91. The van der Waals surface area contributed by atoms with Crippen molar-refractivity contribution >= 4 is 49.1 Å². The smallest absolute Gasteiger partial charge is 0.306 e. The summed E-state index contributed by atoms with van der Waals surface area (Å²) in [7, 11) is 2.03. The summed E-state index contributed by atoms with van der Waals surface area (Å²) in [4.78, 5) is 26.2. The van der Waals surface area contributed by atoms with Crippen LogP contribution in [0.4, 0.5) is 0 Å². The number of carbonyl (C=O) groups excluding carboxylic acids is 1. The number of halogens is 1. The molecule has 0 amide bonds. The second-order valence-corrected chi connectivity index (χ2v) is 8.57. The Morgan fingerprint density at radius 1 is 1.03 bits per heavy atom. The van der Waals surface area contributed by atoms with Crippen LogP contribution in [-0.4, -0.2) is 50.1 Å². The van der Waals surface area contributed by atoms with E-state index in [-0.39, 0.29) is 17.8 Å². The molecule has 0 atom stereocenters. The molecule has 5 nitrogen and oxygen atoms in total. The summed E-state index contributed by atoms with van der Waals surface area (Å²) >= 11 is 7.12. The van der Waals surface area contributed by atoms with E-state index in [1.807, 2.05) is 49.5 Å². The quantitative estimate of drug-likeness (QED) is 0.185. The van der Waals surface area contributed by atoms with Gasteiger partial charge in [-0.25, -0.2) is 0 Å². The molecule has 160 valence electrons. The molecule has 3 rings (SSSR count). The van der Waals surface area contributed by atoms with E-state index in [0.29, 0.717) is 24.5 Å². The van der Waals surface area contributed by atoms with E-state index in [9.17, 15) is 9.59 Å². The van der Waals surface area contributed by atoms with Gasteiger partial charge in [0, 0.05) is 39.1 Å². The van der Waals surface area contributed by atoms with Crippen molar-refractivity contribution in [2.45, 2.75) is 19.3 Å². The van der Waals surface area contributed by atoms with Crippen LogP contribution in [0, 0.1) is 0 Å². The van der Waals surface area contributed by atoms with Crippen LogP contribution in [0.15, 0.2) is 47.3 Å². The van der Waals surface area contributed by atoms with E-state index in [0.717, 1.165) is 46.5 Å². The van der Waals surface area contributed by atoms with Crippen molar-refractivity contribution in [2.24, 2.45) is 0 Å². The van der Waals surface area contributed by atoms with Crippen molar-refractivity contribution in [3.05, 3.63) is 52.7 Å². The fourth-order valence-corrected chi connectivity index (χ4v) is 4.38. The Hall–Kier alpha value is -2.15. The van der Waals surface area contributed by atoms with Crippen molar-refractivity contribution in [2.75, 3.05) is 39.2 Å². The molecule has 3 aromatic rings. The number of alkyl halides is 1. The molecule has 0 N–H and O–H groups in total. The minimum absolute atomic E-state index is 0.0521. The number of rotatable bonds is 11. The summed E-state index contributed by atoms with van der Waals surface area (Å²) in [6, 6.07) is 13.4. The minimum Gasteiger partial charge on any atom is -0.494 e. The lowest BCUT2D eigenvalue weighted by Crippen LogP contribution is -2.23. The number of hydrogen-bond acceptors (Lipinski definition) is 6. The Morgan fingerprint density at radius 2 is 1.77 bits per heavy atom. The topological polar surface area (TPSA) is 55.8 Å². The first kappa shape index (κ1) is 22.5. The number of esters is 1. The fourth-order valence-electron chi connectivity index (χ4n) is 3.18. The van der Waals surface area contributed by atoms with Gasteiger partial charge in [-0.3, -0.25) is 9.59 Å². The van der Waals surface area contributed by atoms with Crippen molar-refractivity contribution in [1.82, 2.24) is 4.90 Å². The average Bonchev–Trinajstić information content (AvgIpc) is 2.75. The molecule has 0 saturated carbocycles. The first-order chi connectivity index (χ1) is 14.6. The predicted octanol–water partition coefficient (Wildman–Crippen LogP) is 4.68. The van der Waals surface area contributed by atoms with Gasteiger partial charge in [-0.15, -0.1) is 22.9 Å². The van der Waals surface area contributed by atoms with Crippen LogP contribution in [0.5, 0.6) is 5.75 Å². The third kappa shape index (κ3) is 6.17. The fraction of sp³-hybridized carbons (Fsp3) is 0.391. The van der Waals surface area contributed by atoms with Gasteiger partial charge in [0.05, 0.1) is 19.6 Å². The van der Waals surface area contributed by atoms with E-state index >= 15 is 0 Å². The lowest BCUT2D eigenvalue weighted by Gasteiger charge is -2.16. The number of hydrogen-bond donors (Lipinski definition) is 0. The number of benzene rings is 2. The molecule has 0 unspecified atom stereocenters. The van der Waals surface area contributed by atoms with Crippen LogP contribution in [0.1, 0.15) is 19.3 Å². The van der Waals surface area contributed by atoms with Crippen molar-refractivity contribution in [3.63, 3.8) is 0 Å². The molecule has 0 fully saturated rings. The number of nitrogens with zero attached hydrogens (tertiary/aromatic N) is 1. The zero-order chi connectivity index (χ0) is 21.3. The molecule has 0 aliphatic heterocycles. The van der Waals surface area contributed by atoms with Crippen LogP contribution in [0.3, 0.4) is 0 Å². The molecule has 0 aliphatic carbocycles. The first-order valence-corrected chi connectivity index (χ1v) is 11.4. The zero-order valence-electron chi connectivity index (χ0n) is 17.1. The molecule has 0 radical (unpaired) electrons. The van der Waals surface area contributed by atoms with Gasteiger partial charge >= 0.3 is 5.97 Å². The third-order valence-corrected chi connectivity index (χ3v) is 6.09. The molecular weight excluding hydrogens is 422 g/mol. The first-order valence-electron chi connectivity index (χ1n) is 10.1. The summed E-state index contributed by atoms with van der Waals surface area (Å²) in [5.74, 6) is 0.769. The highest BCUT2D eigenvalue weighted by molar-refractivity contribution is 7.24. The summed E-state index contributed by atoms with van der Waals surface area (Å²) < 4.78 is 12.9. The van der Waals surface area contributed by atoms with Gasteiger partial charge in [-0.05, 0) is 50.2 Å². The van der Waals surface area contributed by atoms with Crippen LogP contribution in [0.25, 0.3) is 20.2 Å². The van der Waals surface area contributed by atoms with Crippen LogP contribution < -0.4 is 10.2 Å². The van der Waals surface area contributed by atoms with Gasteiger partial charge < -0.3 is 14.4 Å². The second-order valence-electron chi connectivity index (χ2n) is 7.10. The van der Waals surface area contributed by atoms with E-state index in [1.165, 1.54) is 0 Å². The van der Waals surface area contributed by atoms with E-state index < -0.39 is 0 Å².